The highest BCUT2D eigenvalue weighted by Gasteiger charge is 2.20. The maximum atomic E-state index is 4.60. The summed E-state index contributed by atoms with van der Waals surface area (Å²) < 4.78 is 0. The molecule has 7 heteroatoms. The summed E-state index contributed by atoms with van der Waals surface area (Å²) in [5.74, 6) is 2.06. The number of aromatic nitrogens is 1. The summed E-state index contributed by atoms with van der Waals surface area (Å²) in [4.78, 5) is 11.5. The Morgan fingerprint density at radius 3 is 2.67 bits per heavy atom. The molecule has 1 unspecified atom stereocenters. The highest BCUT2D eigenvalue weighted by Crippen LogP contribution is 2.19. The summed E-state index contributed by atoms with van der Waals surface area (Å²) in [5.41, 5.74) is 3.90. The molecule has 1 aromatic heterocycles. The minimum atomic E-state index is 0. The van der Waals surface area contributed by atoms with E-state index in [0.29, 0.717) is 11.8 Å². The van der Waals surface area contributed by atoms with Crippen molar-refractivity contribution in [1.82, 2.24) is 20.5 Å². The molecule has 0 amide bonds. The van der Waals surface area contributed by atoms with Gasteiger partial charge in [-0.25, -0.2) is 4.98 Å². The highest BCUT2D eigenvalue weighted by molar-refractivity contribution is 14.0. The predicted molar refractivity (Wildman–Crippen MR) is 139 cm³/mol. The van der Waals surface area contributed by atoms with Gasteiger partial charge < -0.3 is 10.6 Å². The zero-order chi connectivity index (χ0) is 20.6. The third-order valence-electron chi connectivity index (χ3n) is 5.73. The molecular formula is C23H36IN5S. The van der Waals surface area contributed by atoms with Crippen molar-refractivity contribution < 1.29 is 0 Å². The summed E-state index contributed by atoms with van der Waals surface area (Å²) in [6, 6.07) is 8.75. The standard InChI is InChI=1S/C23H35N5S.HI/c1-17-6-5-7-21(12-17)18(2)13-25-23(24-4)26-14-20-8-10-28(11-9-20)15-22-16-29-19(3)27-22;/h5-7,12,16,18,20H,8-11,13-15H2,1-4H3,(H2,24,25,26);1H. The Morgan fingerprint density at radius 1 is 1.27 bits per heavy atom. The van der Waals surface area contributed by atoms with Crippen LogP contribution in [0.1, 0.15) is 47.5 Å². The predicted octanol–water partition coefficient (Wildman–Crippen LogP) is 4.56. The van der Waals surface area contributed by atoms with Crippen molar-refractivity contribution >= 4 is 41.3 Å². The minimum Gasteiger partial charge on any atom is -0.356 e. The van der Waals surface area contributed by atoms with Crippen LogP contribution in [0.5, 0.6) is 0 Å². The summed E-state index contributed by atoms with van der Waals surface area (Å²) in [7, 11) is 1.85. The second-order valence-corrected chi connectivity index (χ2v) is 9.29. The Balaban J connectivity index is 0.00000320. The summed E-state index contributed by atoms with van der Waals surface area (Å²) in [5, 5.41) is 10.4. The van der Waals surface area contributed by atoms with Gasteiger partial charge in [0.2, 0.25) is 0 Å². The molecule has 0 spiro atoms. The number of aliphatic imine (C=N–C) groups is 1. The number of hydrogen-bond donors (Lipinski definition) is 2. The van der Waals surface area contributed by atoms with Crippen LogP contribution in [0.2, 0.25) is 0 Å². The van der Waals surface area contributed by atoms with E-state index in [9.17, 15) is 0 Å². The van der Waals surface area contributed by atoms with Crippen LogP contribution in [0, 0.1) is 19.8 Å². The Labute approximate surface area is 202 Å². The lowest BCUT2D eigenvalue weighted by Gasteiger charge is -2.31. The van der Waals surface area contributed by atoms with E-state index in [4.69, 9.17) is 0 Å². The van der Waals surface area contributed by atoms with Crippen molar-refractivity contribution in [3.63, 3.8) is 0 Å². The summed E-state index contributed by atoms with van der Waals surface area (Å²) in [6.07, 6.45) is 2.46. The first kappa shape index (κ1) is 25.1. The van der Waals surface area contributed by atoms with Gasteiger partial charge >= 0.3 is 0 Å². The van der Waals surface area contributed by atoms with Crippen LogP contribution in [-0.4, -0.2) is 49.1 Å². The molecule has 0 radical (unpaired) electrons. The van der Waals surface area contributed by atoms with Gasteiger partial charge in [0, 0.05) is 32.1 Å². The molecule has 1 aromatic carbocycles. The molecule has 0 saturated carbocycles. The fourth-order valence-corrected chi connectivity index (χ4v) is 4.47. The molecule has 1 aliphatic heterocycles. The number of halogens is 1. The molecule has 3 rings (SSSR count). The highest BCUT2D eigenvalue weighted by atomic mass is 127. The van der Waals surface area contributed by atoms with E-state index < -0.39 is 0 Å². The first-order chi connectivity index (χ1) is 14.0. The van der Waals surface area contributed by atoms with E-state index in [1.807, 2.05) is 7.05 Å². The Kier molecular flexibility index (Phi) is 10.5. The number of benzene rings is 1. The van der Waals surface area contributed by atoms with Crippen LogP contribution in [0.25, 0.3) is 0 Å². The normalized spacial score (nSPS) is 16.7. The van der Waals surface area contributed by atoms with Crippen LogP contribution >= 0.6 is 35.3 Å². The maximum absolute atomic E-state index is 4.60. The minimum absolute atomic E-state index is 0. The Hall–Kier alpha value is -1.19. The van der Waals surface area contributed by atoms with Gasteiger partial charge in [0.05, 0.1) is 10.7 Å². The number of piperidine rings is 1. The quantitative estimate of drug-likeness (QED) is 0.307. The molecule has 1 atom stereocenters. The van der Waals surface area contributed by atoms with Crippen LogP contribution in [0.15, 0.2) is 34.6 Å². The molecule has 166 valence electrons. The molecule has 5 nitrogen and oxygen atoms in total. The number of hydrogen-bond acceptors (Lipinski definition) is 4. The monoisotopic (exact) mass is 541 g/mol. The number of aryl methyl sites for hydroxylation is 2. The third kappa shape index (κ3) is 7.81. The molecule has 0 bridgehead atoms. The van der Waals surface area contributed by atoms with Gasteiger partial charge in [-0.15, -0.1) is 35.3 Å². The molecule has 30 heavy (non-hydrogen) atoms. The number of rotatable bonds is 7. The smallest absolute Gasteiger partial charge is 0.191 e. The average Bonchev–Trinajstić information content (AvgIpc) is 3.13. The zero-order valence-electron chi connectivity index (χ0n) is 18.6. The fraction of sp³-hybridized carbons (Fsp3) is 0.565. The largest absolute Gasteiger partial charge is 0.356 e. The fourth-order valence-electron chi connectivity index (χ4n) is 3.86. The third-order valence-corrected chi connectivity index (χ3v) is 6.55. The van der Waals surface area contributed by atoms with Gasteiger partial charge in [0.25, 0.3) is 0 Å². The van der Waals surface area contributed by atoms with E-state index in [0.717, 1.165) is 43.7 Å². The SMILES string of the molecule is CN=C(NCC1CCN(Cc2csc(C)n2)CC1)NCC(C)c1cccc(C)c1.I. The molecule has 2 heterocycles. The van der Waals surface area contributed by atoms with Crippen LogP contribution in [0.3, 0.4) is 0 Å². The molecule has 2 aromatic rings. The van der Waals surface area contributed by atoms with E-state index >= 15 is 0 Å². The van der Waals surface area contributed by atoms with Gasteiger partial charge in [-0.2, -0.15) is 0 Å². The van der Waals surface area contributed by atoms with Gasteiger partial charge in [-0.05, 0) is 57.2 Å². The first-order valence-electron chi connectivity index (χ1n) is 10.7. The van der Waals surface area contributed by atoms with Gasteiger partial charge in [-0.3, -0.25) is 9.89 Å². The van der Waals surface area contributed by atoms with Crippen molar-refractivity contribution in [2.45, 2.75) is 46.1 Å². The van der Waals surface area contributed by atoms with Crippen molar-refractivity contribution in [3.05, 3.63) is 51.5 Å². The average molecular weight is 542 g/mol. The number of thiazole rings is 1. The molecule has 1 aliphatic rings. The van der Waals surface area contributed by atoms with Crippen molar-refractivity contribution in [3.8, 4) is 0 Å². The maximum Gasteiger partial charge on any atom is 0.191 e. The molecule has 1 saturated heterocycles. The lowest BCUT2D eigenvalue weighted by atomic mass is 9.97. The van der Waals surface area contributed by atoms with E-state index in [1.54, 1.807) is 11.3 Å². The number of nitrogens with zero attached hydrogens (tertiary/aromatic N) is 3. The Bertz CT molecular complexity index is 798. The van der Waals surface area contributed by atoms with Gasteiger partial charge in [-0.1, -0.05) is 36.8 Å². The molecule has 2 N–H and O–H groups in total. The van der Waals surface area contributed by atoms with E-state index in [-0.39, 0.29) is 24.0 Å². The van der Waals surface area contributed by atoms with Gasteiger partial charge in [0.15, 0.2) is 5.96 Å². The lowest BCUT2D eigenvalue weighted by molar-refractivity contribution is 0.176. The van der Waals surface area contributed by atoms with E-state index in [2.05, 4.69) is 75.9 Å². The number of likely N-dealkylation sites (tertiary alicyclic amines) is 1. The number of guanidine groups is 1. The van der Waals surface area contributed by atoms with Crippen LogP contribution < -0.4 is 10.6 Å². The number of nitrogens with one attached hydrogen (secondary N) is 2. The van der Waals surface area contributed by atoms with E-state index in [1.165, 1.54) is 29.7 Å². The second kappa shape index (κ2) is 12.6. The first-order valence-corrected chi connectivity index (χ1v) is 11.6. The second-order valence-electron chi connectivity index (χ2n) is 8.23. The molecular weight excluding hydrogens is 505 g/mol. The zero-order valence-corrected chi connectivity index (χ0v) is 21.8. The molecule has 1 fully saturated rings. The van der Waals surface area contributed by atoms with Crippen LogP contribution in [-0.2, 0) is 6.54 Å². The van der Waals surface area contributed by atoms with Crippen LogP contribution in [0.4, 0.5) is 0 Å². The summed E-state index contributed by atoms with van der Waals surface area (Å²) in [6.45, 7) is 11.6. The van der Waals surface area contributed by atoms with Crippen molar-refractivity contribution in [2.24, 2.45) is 10.9 Å². The van der Waals surface area contributed by atoms with Crippen molar-refractivity contribution in [2.75, 3.05) is 33.2 Å². The lowest BCUT2D eigenvalue weighted by Crippen LogP contribution is -2.43. The Morgan fingerprint density at radius 2 is 2.03 bits per heavy atom. The summed E-state index contributed by atoms with van der Waals surface area (Å²) >= 11 is 1.75. The van der Waals surface area contributed by atoms with Gasteiger partial charge in [0.1, 0.15) is 0 Å². The van der Waals surface area contributed by atoms with Crippen molar-refractivity contribution in [1.29, 1.82) is 0 Å². The molecule has 0 aliphatic carbocycles. The topological polar surface area (TPSA) is 52.6 Å².